The molecule has 0 heterocycles. The third-order valence-electron chi connectivity index (χ3n) is 2.98. The Balaban J connectivity index is 2.96. The van der Waals surface area contributed by atoms with Gasteiger partial charge in [-0.15, -0.1) is 0 Å². The highest BCUT2D eigenvalue weighted by molar-refractivity contribution is 5.95. The van der Waals surface area contributed by atoms with Gasteiger partial charge < -0.3 is 16.2 Å². The summed E-state index contributed by atoms with van der Waals surface area (Å²) in [5, 5.41) is 11.8. The van der Waals surface area contributed by atoms with E-state index in [1.54, 1.807) is 25.2 Å². The highest BCUT2D eigenvalue weighted by atomic mass is 16.4. The van der Waals surface area contributed by atoms with Gasteiger partial charge in [-0.05, 0) is 24.6 Å². The molecule has 0 atom stereocenters. The fourth-order valence-corrected chi connectivity index (χ4v) is 2.07. The number of nitrogens with two attached hydrogens (primary N) is 1. The Morgan fingerprint density at radius 1 is 1.40 bits per heavy atom. The van der Waals surface area contributed by atoms with E-state index < -0.39 is 5.97 Å². The Bertz CT molecular complexity index is 489. The highest BCUT2D eigenvalue weighted by Crippen LogP contribution is 2.19. The molecule has 0 unspecified atom stereocenters. The molecule has 0 spiro atoms. The number of anilines is 1. The number of benzene rings is 1. The normalized spacial score (nSPS) is 10.6. The molecule has 0 saturated heterocycles. The lowest BCUT2D eigenvalue weighted by atomic mass is 10.0. The Morgan fingerprint density at radius 3 is 2.65 bits per heavy atom. The van der Waals surface area contributed by atoms with Crippen LogP contribution < -0.4 is 11.1 Å². The summed E-state index contributed by atoms with van der Waals surface area (Å²) >= 11 is 0. The second kappa shape index (κ2) is 7.49. The number of hydrogen-bond donors (Lipinski definition) is 3. The molecule has 1 rings (SSSR count). The van der Waals surface area contributed by atoms with Crippen LogP contribution in [0.1, 0.15) is 29.3 Å². The maximum Gasteiger partial charge on any atom is 0.338 e. The van der Waals surface area contributed by atoms with Crippen molar-refractivity contribution in [2.75, 3.05) is 25.9 Å². The van der Waals surface area contributed by atoms with E-state index in [1.807, 2.05) is 11.8 Å². The number of aromatic carboxylic acids is 1. The molecule has 0 aromatic heterocycles. The number of carbonyl (C=O) groups is 2. The number of carbonyl (C=O) groups excluding carboxylic acids is 1. The Kier molecular flexibility index (Phi) is 5.99. The first-order valence-corrected chi connectivity index (χ1v) is 6.53. The van der Waals surface area contributed by atoms with E-state index in [0.29, 0.717) is 18.7 Å². The third-order valence-corrected chi connectivity index (χ3v) is 2.98. The second-order valence-corrected chi connectivity index (χ2v) is 4.57. The van der Waals surface area contributed by atoms with Crippen LogP contribution in [-0.4, -0.2) is 42.0 Å². The number of carboxylic acids is 1. The number of nitrogen functional groups attached to an aromatic ring is 1. The topological polar surface area (TPSA) is 95.7 Å². The largest absolute Gasteiger partial charge is 0.478 e. The molecule has 20 heavy (non-hydrogen) atoms. The van der Waals surface area contributed by atoms with Crippen molar-refractivity contribution < 1.29 is 14.7 Å². The lowest BCUT2D eigenvalue weighted by Crippen LogP contribution is -2.36. The van der Waals surface area contributed by atoms with E-state index in [0.717, 1.165) is 6.42 Å². The summed E-state index contributed by atoms with van der Waals surface area (Å²) < 4.78 is 0. The van der Waals surface area contributed by atoms with Crippen molar-refractivity contribution >= 4 is 17.6 Å². The van der Waals surface area contributed by atoms with Gasteiger partial charge in [0, 0.05) is 19.3 Å². The number of amides is 1. The van der Waals surface area contributed by atoms with Crippen LogP contribution in [0, 0.1) is 0 Å². The van der Waals surface area contributed by atoms with Gasteiger partial charge in [-0.1, -0.05) is 19.1 Å². The standard InChI is InChI=1S/C14H21N3O3/c1-3-7-17(9-12(18)16-2)8-10-5-4-6-11(15)13(10)14(19)20/h4-6H,3,7-9,15H2,1-2H3,(H,16,18)(H,19,20). The van der Waals surface area contributed by atoms with Crippen molar-refractivity contribution in [2.24, 2.45) is 0 Å². The van der Waals surface area contributed by atoms with Crippen LogP contribution in [0.4, 0.5) is 5.69 Å². The first kappa shape index (κ1) is 16.0. The van der Waals surface area contributed by atoms with Crippen LogP contribution in [0.3, 0.4) is 0 Å². The molecule has 0 aliphatic rings. The van der Waals surface area contributed by atoms with Gasteiger partial charge in [0.05, 0.1) is 12.1 Å². The first-order valence-electron chi connectivity index (χ1n) is 6.53. The van der Waals surface area contributed by atoms with Crippen molar-refractivity contribution in [2.45, 2.75) is 19.9 Å². The first-order chi connectivity index (χ1) is 9.49. The van der Waals surface area contributed by atoms with E-state index in [2.05, 4.69) is 5.32 Å². The summed E-state index contributed by atoms with van der Waals surface area (Å²) in [4.78, 5) is 24.7. The fourth-order valence-electron chi connectivity index (χ4n) is 2.07. The average Bonchev–Trinajstić information content (AvgIpc) is 2.38. The van der Waals surface area contributed by atoms with E-state index >= 15 is 0 Å². The van der Waals surface area contributed by atoms with Gasteiger partial charge in [-0.3, -0.25) is 9.69 Å². The van der Waals surface area contributed by atoms with E-state index in [4.69, 9.17) is 5.73 Å². The van der Waals surface area contributed by atoms with Crippen LogP contribution in [0.5, 0.6) is 0 Å². The van der Waals surface area contributed by atoms with Crippen molar-refractivity contribution in [3.63, 3.8) is 0 Å². The Morgan fingerprint density at radius 2 is 2.10 bits per heavy atom. The summed E-state index contributed by atoms with van der Waals surface area (Å²) in [5.41, 5.74) is 6.70. The number of likely N-dealkylation sites (N-methyl/N-ethyl adjacent to an activating group) is 1. The molecule has 6 nitrogen and oxygen atoms in total. The molecule has 0 fully saturated rings. The number of hydrogen-bond acceptors (Lipinski definition) is 4. The molecular weight excluding hydrogens is 258 g/mol. The smallest absolute Gasteiger partial charge is 0.338 e. The number of rotatable bonds is 7. The van der Waals surface area contributed by atoms with Crippen LogP contribution in [-0.2, 0) is 11.3 Å². The van der Waals surface area contributed by atoms with Gasteiger partial charge in [0.25, 0.3) is 0 Å². The van der Waals surface area contributed by atoms with Gasteiger partial charge in [0.15, 0.2) is 0 Å². The minimum Gasteiger partial charge on any atom is -0.478 e. The molecule has 0 aliphatic heterocycles. The minimum absolute atomic E-state index is 0.0979. The zero-order chi connectivity index (χ0) is 15.1. The molecule has 0 aliphatic carbocycles. The van der Waals surface area contributed by atoms with Crippen molar-refractivity contribution in [3.05, 3.63) is 29.3 Å². The van der Waals surface area contributed by atoms with Crippen LogP contribution in [0.2, 0.25) is 0 Å². The predicted octanol–water partition coefficient (Wildman–Crippen LogP) is 0.925. The van der Waals surface area contributed by atoms with E-state index in [-0.39, 0.29) is 23.7 Å². The summed E-state index contributed by atoms with van der Waals surface area (Å²) in [6.45, 7) is 3.34. The van der Waals surface area contributed by atoms with Crippen molar-refractivity contribution in [1.29, 1.82) is 0 Å². The highest BCUT2D eigenvalue weighted by Gasteiger charge is 2.17. The van der Waals surface area contributed by atoms with Gasteiger partial charge >= 0.3 is 5.97 Å². The molecule has 1 amide bonds. The minimum atomic E-state index is -1.05. The lowest BCUT2D eigenvalue weighted by molar-refractivity contribution is -0.121. The van der Waals surface area contributed by atoms with E-state index in [9.17, 15) is 14.7 Å². The SMILES string of the molecule is CCCN(CC(=O)NC)Cc1cccc(N)c1C(=O)O. The summed E-state index contributed by atoms with van der Waals surface area (Å²) in [7, 11) is 1.58. The molecular formula is C14H21N3O3. The number of carboxylic acid groups (broad SMARTS) is 1. The van der Waals surface area contributed by atoms with Crippen LogP contribution in [0.15, 0.2) is 18.2 Å². The maximum atomic E-state index is 11.5. The van der Waals surface area contributed by atoms with Crippen molar-refractivity contribution in [3.8, 4) is 0 Å². The summed E-state index contributed by atoms with van der Waals surface area (Å²) in [6, 6.07) is 5.02. The molecule has 4 N–H and O–H groups in total. The quantitative estimate of drug-likeness (QED) is 0.645. The van der Waals surface area contributed by atoms with E-state index in [1.165, 1.54) is 0 Å². The van der Waals surface area contributed by atoms with Gasteiger partial charge in [0.1, 0.15) is 0 Å². The fraction of sp³-hybridized carbons (Fsp3) is 0.429. The molecule has 110 valence electrons. The molecule has 0 saturated carbocycles. The molecule has 1 aromatic rings. The zero-order valence-corrected chi connectivity index (χ0v) is 11.8. The average molecular weight is 279 g/mol. The zero-order valence-electron chi connectivity index (χ0n) is 11.8. The number of nitrogens with zero attached hydrogens (tertiary/aromatic N) is 1. The monoisotopic (exact) mass is 279 g/mol. The lowest BCUT2D eigenvalue weighted by Gasteiger charge is -2.22. The molecule has 6 heteroatoms. The molecule has 0 radical (unpaired) electrons. The molecule has 0 bridgehead atoms. The van der Waals surface area contributed by atoms with Crippen LogP contribution in [0.25, 0.3) is 0 Å². The third kappa shape index (κ3) is 4.24. The summed E-state index contributed by atoms with van der Waals surface area (Å²) in [6.07, 6.45) is 0.877. The van der Waals surface area contributed by atoms with Crippen molar-refractivity contribution in [1.82, 2.24) is 10.2 Å². The second-order valence-electron chi connectivity index (χ2n) is 4.57. The molecule has 1 aromatic carbocycles. The maximum absolute atomic E-state index is 11.5. The van der Waals surface area contributed by atoms with Gasteiger partial charge in [0.2, 0.25) is 5.91 Å². The summed E-state index contributed by atoms with van der Waals surface area (Å²) in [5.74, 6) is -1.14. The van der Waals surface area contributed by atoms with Crippen LogP contribution >= 0.6 is 0 Å². The van der Waals surface area contributed by atoms with Gasteiger partial charge in [-0.2, -0.15) is 0 Å². The van der Waals surface area contributed by atoms with Gasteiger partial charge in [-0.25, -0.2) is 4.79 Å². The predicted molar refractivity (Wildman–Crippen MR) is 77.4 cm³/mol. The Hall–Kier alpha value is -2.08. The Labute approximate surface area is 118 Å². The number of nitrogens with one attached hydrogen (secondary N) is 1.